The fourth-order valence-corrected chi connectivity index (χ4v) is 2.04. The Labute approximate surface area is 109 Å². The third kappa shape index (κ3) is 4.85. The molecule has 0 aromatic heterocycles. The van der Waals surface area contributed by atoms with Crippen LogP contribution in [0.3, 0.4) is 0 Å². The zero-order valence-electron chi connectivity index (χ0n) is 9.87. The molecule has 1 aromatic carbocycles. The van der Waals surface area contributed by atoms with E-state index in [4.69, 9.17) is 4.74 Å². The number of carbonyl (C=O) groups excluding carboxylic acids is 1. The van der Waals surface area contributed by atoms with Gasteiger partial charge in [-0.25, -0.2) is 0 Å². The first kappa shape index (κ1) is 14.2. The predicted molar refractivity (Wildman–Crippen MR) is 69.1 cm³/mol. The summed E-state index contributed by atoms with van der Waals surface area (Å²) in [6, 6.07) is 5.46. The van der Waals surface area contributed by atoms with Crippen LogP contribution in [0.1, 0.15) is 15.9 Å². The second-order valence-electron chi connectivity index (χ2n) is 3.84. The Morgan fingerprint density at radius 2 is 2.24 bits per heavy atom. The number of nitrogens with one attached hydrogen (secondary N) is 1. The van der Waals surface area contributed by atoms with Crippen LogP contribution < -0.4 is 5.32 Å². The number of methoxy groups -OCH3 is 1. The Kier molecular flexibility index (Phi) is 5.61. The van der Waals surface area contributed by atoms with E-state index < -0.39 is 6.10 Å². The fourth-order valence-electron chi connectivity index (χ4n) is 1.43. The summed E-state index contributed by atoms with van der Waals surface area (Å²) in [6.07, 6.45) is -0.683. The number of hydrogen-bond acceptors (Lipinski definition) is 3. The van der Waals surface area contributed by atoms with Gasteiger partial charge in [-0.2, -0.15) is 0 Å². The Bertz CT molecular complexity index is 375. The highest BCUT2D eigenvalue weighted by Crippen LogP contribution is 2.15. The molecule has 0 fully saturated rings. The lowest BCUT2D eigenvalue weighted by atomic mass is 10.1. The Morgan fingerprint density at radius 3 is 2.82 bits per heavy atom. The van der Waals surface area contributed by atoms with Gasteiger partial charge < -0.3 is 15.2 Å². The van der Waals surface area contributed by atoms with Crippen LogP contribution in [0.25, 0.3) is 0 Å². The summed E-state index contributed by atoms with van der Waals surface area (Å²) in [5.41, 5.74) is 1.57. The Hall–Kier alpha value is -0.910. The van der Waals surface area contributed by atoms with E-state index in [0.717, 1.165) is 10.0 Å². The normalized spacial score (nSPS) is 12.2. The number of aliphatic hydroxyl groups is 1. The van der Waals surface area contributed by atoms with Gasteiger partial charge in [0, 0.05) is 23.7 Å². The molecular formula is C12H16BrNO3. The zero-order valence-corrected chi connectivity index (χ0v) is 11.5. The lowest BCUT2D eigenvalue weighted by Gasteiger charge is -2.11. The van der Waals surface area contributed by atoms with Gasteiger partial charge in [0.2, 0.25) is 0 Å². The van der Waals surface area contributed by atoms with Gasteiger partial charge in [-0.3, -0.25) is 4.79 Å². The number of aryl methyl sites for hydroxylation is 1. The van der Waals surface area contributed by atoms with E-state index in [-0.39, 0.29) is 19.1 Å². The van der Waals surface area contributed by atoms with Gasteiger partial charge in [0.05, 0.1) is 12.7 Å². The molecule has 94 valence electrons. The topological polar surface area (TPSA) is 58.6 Å². The minimum absolute atomic E-state index is 0.179. The summed E-state index contributed by atoms with van der Waals surface area (Å²) in [5, 5.41) is 12.1. The van der Waals surface area contributed by atoms with Gasteiger partial charge in [-0.05, 0) is 30.7 Å². The van der Waals surface area contributed by atoms with Crippen molar-refractivity contribution in [2.45, 2.75) is 13.0 Å². The first-order valence-electron chi connectivity index (χ1n) is 5.25. The highest BCUT2D eigenvalue weighted by molar-refractivity contribution is 9.10. The monoisotopic (exact) mass is 301 g/mol. The minimum atomic E-state index is -0.683. The Balaban J connectivity index is 2.58. The molecule has 5 heteroatoms. The molecule has 4 nitrogen and oxygen atoms in total. The molecule has 1 aromatic rings. The molecule has 17 heavy (non-hydrogen) atoms. The average Bonchev–Trinajstić information content (AvgIpc) is 2.25. The van der Waals surface area contributed by atoms with Crippen LogP contribution in [-0.2, 0) is 4.74 Å². The van der Waals surface area contributed by atoms with Crippen molar-refractivity contribution >= 4 is 21.8 Å². The molecule has 0 bridgehead atoms. The number of halogens is 1. The summed E-state index contributed by atoms with van der Waals surface area (Å²) in [4.78, 5) is 11.8. The largest absolute Gasteiger partial charge is 0.389 e. The highest BCUT2D eigenvalue weighted by Gasteiger charge is 2.09. The number of aliphatic hydroxyl groups excluding tert-OH is 1. The van der Waals surface area contributed by atoms with E-state index in [2.05, 4.69) is 21.2 Å². The van der Waals surface area contributed by atoms with Crippen LogP contribution in [0.5, 0.6) is 0 Å². The van der Waals surface area contributed by atoms with Crippen molar-refractivity contribution in [3.05, 3.63) is 33.8 Å². The van der Waals surface area contributed by atoms with Crippen LogP contribution in [0.2, 0.25) is 0 Å². The van der Waals surface area contributed by atoms with Crippen LogP contribution >= 0.6 is 15.9 Å². The second-order valence-corrected chi connectivity index (χ2v) is 4.75. The van der Waals surface area contributed by atoms with Crippen molar-refractivity contribution in [3.63, 3.8) is 0 Å². The van der Waals surface area contributed by atoms with Crippen LogP contribution in [0.4, 0.5) is 0 Å². The highest BCUT2D eigenvalue weighted by atomic mass is 79.9. The first-order chi connectivity index (χ1) is 8.02. The molecule has 0 heterocycles. The summed E-state index contributed by atoms with van der Waals surface area (Å²) < 4.78 is 5.63. The molecule has 0 saturated heterocycles. The third-order valence-electron chi connectivity index (χ3n) is 2.16. The van der Waals surface area contributed by atoms with Gasteiger partial charge in [0.15, 0.2) is 0 Å². The van der Waals surface area contributed by atoms with Crippen molar-refractivity contribution in [1.29, 1.82) is 0 Å². The van der Waals surface area contributed by atoms with Gasteiger partial charge in [0.25, 0.3) is 5.91 Å². The molecular weight excluding hydrogens is 286 g/mol. The SMILES string of the molecule is COC[C@H](O)CNC(=O)c1cc(C)cc(Br)c1. The number of ether oxygens (including phenoxy) is 1. The lowest BCUT2D eigenvalue weighted by molar-refractivity contribution is 0.0610. The van der Waals surface area contributed by atoms with Crippen LogP contribution in [0, 0.1) is 6.92 Å². The van der Waals surface area contributed by atoms with Crippen molar-refractivity contribution in [3.8, 4) is 0 Å². The Morgan fingerprint density at radius 1 is 1.53 bits per heavy atom. The molecule has 0 aliphatic heterocycles. The molecule has 0 aliphatic carbocycles. The summed E-state index contributed by atoms with van der Waals surface area (Å²) in [7, 11) is 1.50. The summed E-state index contributed by atoms with van der Waals surface area (Å²) in [5.74, 6) is -0.204. The van der Waals surface area contributed by atoms with Gasteiger partial charge >= 0.3 is 0 Å². The predicted octanol–water partition coefficient (Wildman–Crippen LogP) is 1.49. The molecule has 1 atom stereocenters. The van der Waals surface area contributed by atoms with Gasteiger partial charge in [-0.1, -0.05) is 15.9 Å². The summed E-state index contributed by atoms with van der Waals surface area (Å²) >= 11 is 3.34. The number of amides is 1. The van der Waals surface area contributed by atoms with Crippen molar-refractivity contribution in [2.75, 3.05) is 20.3 Å². The third-order valence-corrected chi connectivity index (χ3v) is 2.62. The maximum atomic E-state index is 11.8. The van der Waals surface area contributed by atoms with Crippen LogP contribution in [0.15, 0.2) is 22.7 Å². The van der Waals surface area contributed by atoms with E-state index >= 15 is 0 Å². The van der Waals surface area contributed by atoms with Crippen molar-refractivity contribution in [2.24, 2.45) is 0 Å². The number of carbonyl (C=O) groups is 1. The molecule has 1 rings (SSSR count). The van der Waals surface area contributed by atoms with E-state index in [1.165, 1.54) is 7.11 Å². The molecule has 0 saturated carbocycles. The van der Waals surface area contributed by atoms with E-state index in [9.17, 15) is 9.90 Å². The second kappa shape index (κ2) is 6.74. The van der Waals surface area contributed by atoms with Crippen LogP contribution in [-0.4, -0.2) is 37.4 Å². The minimum Gasteiger partial charge on any atom is -0.389 e. The van der Waals surface area contributed by atoms with E-state index in [1.54, 1.807) is 12.1 Å². The molecule has 0 aliphatic rings. The molecule has 2 N–H and O–H groups in total. The maximum Gasteiger partial charge on any atom is 0.251 e. The van der Waals surface area contributed by atoms with Crippen molar-refractivity contribution in [1.82, 2.24) is 5.32 Å². The smallest absolute Gasteiger partial charge is 0.251 e. The zero-order chi connectivity index (χ0) is 12.8. The summed E-state index contributed by atoms with van der Waals surface area (Å²) in [6.45, 7) is 2.30. The maximum absolute atomic E-state index is 11.8. The van der Waals surface area contributed by atoms with Gasteiger partial charge in [0.1, 0.15) is 0 Å². The molecule has 1 amide bonds. The van der Waals surface area contributed by atoms with E-state index in [1.807, 2.05) is 13.0 Å². The molecule has 0 unspecified atom stereocenters. The standard InChI is InChI=1S/C12H16BrNO3/c1-8-3-9(5-10(13)4-8)12(16)14-6-11(15)7-17-2/h3-5,11,15H,6-7H2,1-2H3,(H,14,16)/t11-/m1/s1. The quantitative estimate of drug-likeness (QED) is 0.866. The number of benzene rings is 1. The lowest BCUT2D eigenvalue weighted by Crippen LogP contribution is -2.34. The number of rotatable bonds is 5. The molecule has 0 radical (unpaired) electrons. The molecule has 0 spiro atoms. The average molecular weight is 302 g/mol. The van der Waals surface area contributed by atoms with Crippen molar-refractivity contribution < 1.29 is 14.6 Å². The first-order valence-corrected chi connectivity index (χ1v) is 6.04. The van der Waals surface area contributed by atoms with E-state index in [0.29, 0.717) is 5.56 Å². The van der Waals surface area contributed by atoms with Gasteiger partial charge in [-0.15, -0.1) is 0 Å². The fraction of sp³-hybridized carbons (Fsp3) is 0.417. The number of hydrogen-bond donors (Lipinski definition) is 2.